The van der Waals surface area contributed by atoms with Crippen molar-refractivity contribution >= 4 is 34.3 Å². The molecule has 2 rings (SSSR count). The Labute approximate surface area is 133 Å². The molecule has 6 heteroatoms. The van der Waals surface area contributed by atoms with Gasteiger partial charge in [0.1, 0.15) is 0 Å². The third kappa shape index (κ3) is 4.74. The van der Waals surface area contributed by atoms with Gasteiger partial charge in [-0.3, -0.25) is 4.21 Å². The number of nitrogens with one attached hydrogen (secondary N) is 1. The summed E-state index contributed by atoms with van der Waals surface area (Å²) in [5.74, 6) is 1.42. The Bertz CT molecular complexity index is 546. The Morgan fingerprint density at radius 1 is 1.43 bits per heavy atom. The fourth-order valence-electron chi connectivity index (χ4n) is 2.37. The molecule has 0 bridgehead atoms. The number of hydrogen-bond acceptors (Lipinski definition) is 3. The predicted molar refractivity (Wildman–Crippen MR) is 91.3 cm³/mol. The number of para-hydroxylation sites is 1. The van der Waals surface area contributed by atoms with Crippen LogP contribution in [0.5, 0.6) is 0 Å². The third-order valence-electron chi connectivity index (χ3n) is 3.33. The third-order valence-corrected chi connectivity index (χ3v) is 5.35. The Kier molecular flexibility index (Phi) is 5.32. The summed E-state index contributed by atoms with van der Waals surface area (Å²) < 4.78 is 11.5. The van der Waals surface area contributed by atoms with Crippen LogP contribution >= 0.6 is 11.8 Å². The number of rotatable bonds is 3. The molecule has 1 N–H and O–H groups in total. The van der Waals surface area contributed by atoms with E-state index in [4.69, 9.17) is 0 Å². The van der Waals surface area contributed by atoms with Gasteiger partial charge in [-0.15, -0.1) is 0 Å². The molecule has 4 nitrogen and oxygen atoms in total. The lowest BCUT2D eigenvalue weighted by molar-refractivity contribution is 0.208. The summed E-state index contributed by atoms with van der Waals surface area (Å²) in [7, 11) is -0.927. The van der Waals surface area contributed by atoms with Crippen LogP contribution in [0.25, 0.3) is 0 Å². The predicted octanol–water partition coefficient (Wildman–Crippen LogP) is 2.92. The first-order valence-corrected chi connectivity index (χ1v) is 9.66. The smallest absolute Gasteiger partial charge is 0.321 e. The lowest BCUT2D eigenvalue weighted by atomic mass is 10.2. The number of carbonyl (C=O) groups is 1. The molecular formula is C15H22N2O2S2. The number of anilines is 1. The lowest BCUT2D eigenvalue weighted by Gasteiger charge is -2.37. The van der Waals surface area contributed by atoms with E-state index in [1.54, 1.807) is 6.26 Å². The number of carbonyl (C=O) groups excluding carboxylic acids is 1. The monoisotopic (exact) mass is 326 g/mol. The van der Waals surface area contributed by atoms with Crippen molar-refractivity contribution in [1.29, 1.82) is 0 Å². The van der Waals surface area contributed by atoms with Crippen molar-refractivity contribution in [2.24, 2.45) is 0 Å². The number of thioether (sulfide) groups is 1. The van der Waals surface area contributed by atoms with Crippen molar-refractivity contribution < 1.29 is 9.00 Å². The molecule has 0 radical (unpaired) electrons. The summed E-state index contributed by atoms with van der Waals surface area (Å²) >= 11 is 1.90. The minimum atomic E-state index is -0.927. The van der Waals surface area contributed by atoms with Gasteiger partial charge in [0.15, 0.2) is 0 Å². The van der Waals surface area contributed by atoms with Gasteiger partial charge in [0.2, 0.25) is 0 Å². The van der Waals surface area contributed by atoms with Gasteiger partial charge in [-0.05, 0) is 25.5 Å². The van der Waals surface area contributed by atoms with Crippen molar-refractivity contribution in [3.8, 4) is 0 Å². The molecule has 116 valence electrons. The molecule has 1 saturated heterocycles. The fraction of sp³-hybridized carbons (Fsp3) is 0.533. The molecule has 0 aliphatic carbocycles. The molecule has 1 fully saturated rings. The summed E-state index contributed by atoms with van der Waals surface area (Å²) in [4.78, 5) is 14.3. The quantitative estimate of drug-likeness (QED) is 0.929. The average molecular weight is 326 g/mol. The first-order valence-electron chi connectivity index (χ1n) is 6.95. The molecule has 1 aliphatic heterocycles. The molecule has 21 heavy (non-hydrogen) atoms. The van der Waals surface area contributed by atoms with Crippen LogP contribution in [0.4, 0.5) is 10.5 Å². The number of amides is 2. The van der Waals surface area contributed by atoms with Crippen molar-refractivity contribution in [1.82, 2.24) is 4.90 Å². The van der Waals surface area contributed by atoms with Crippen LogP contribution in [-0.2, 0) is 16.6 Å². The average Bonchev–Trinajstić information content (AvgIpc) is 2.39. The second-order valence-corrected chi connectivity index (χ2v) is 9.07. The van der Waals surface area contributed by atoms with Crippen LogP contribution < -0.4 is 5.32 Å². The highest BCUT2D eigenvalue weighted by molar-refractivity contribution is 8.00. The van der Waals surface area contributed by atoms with Gasteiger partial charge in [-0.25, -0.2) is 4.79 Å². The number of urea groups is 1. The number of nitrogens with zero attached hydrogens (tertiary/aromatic N) is 1. The molecule has 1 aromatic rings. The highest BCUT2D eigenvalue weighted by Gasteiger charge is 2.29. The second kappa shape index (κ2) is 6.83. The molecule has 0 saturated carbocycles. The zero-order chi connectivity index (χ0) is 15.5. The van der Waals surface area contributed by atoms with E-state index in [0.29, 0.717) is 5.75 Å². The maximum atomic E-state index is 12.4. The van der Waals surface area contributed by atoms with Gasteiger partial charge in [0.05, 0.1) is 5.75 Å². The SMILES string of the molecule is C[S@](=O)Cc1ccccc1NC(=O)N1CCSC(C)(C)C1. The molecule has 1 atom stereocenters. The Morgan fingerprint density at radius 3 is 2.81 bits per heavy atom. The topological polar surface area (TPSA) is 49.4 Å². The summed E-state index contributed by atoms with van der Waals surface area (Å²) in [6, 6.07) is 7.49. The Balaban J connectivity index is 2.07. The first-order chi connectivity index (χ1) is 9.87. The zero-order valence-corrected chi connectivity index (χ0v) is 14.4. The molecule has 0 spiro atoms. The van der Waals surface area contributed by atoms with Crippen LogP contribution in [0.3, 0.4) is 0 Å². The highest BCUT2D eigenvalue weighted by Crippen LogP contribution is 2.30. The van der Waals surface area contributed by atoms with Crippen LogP contribution in [0.1, 0.15) is 19.4 Å². The van der Waals surface area contributed by atoms with Crippen molar-refractivity contribution in [3.05, 3.63) is 29.8 Å². The van der Waals surface area contributed by atoms with E-state index in [-0.39, 0.29) is 10.8 Å². The van der Waals surface area contributed by atoms with E-state index in [2.05, 4.69) is 19.2 Å². The summed E-state index contributed by atoms with van der Waals surface area (Å²) in [6.45, 7) is 5.82. The standard InChI is InChI=1S/C15H22N2O2S2/c1-15(2)11-17(8-9-20-15)14(18)16-13-7-5-4-6-12(13)10-21(3)19/h4-7H,8-11H2,1-3H3,(H,16,18)/t21-/m0/s1. The van der Waals surface area contributed by atoms with Crippen LogP contribution in [0.2, 0.25) is 0 Å². The van der Waals surface area contributed by atoms with Crippen LogP contribution in [0.15, 0.2) is 24.3 Å². The number of benzene rings is 1. The van der Waals surface area contributed by atoms with Crippen molar-refractivity contribution in [2.75, 3.05) is 30.4 Å². The van der Waals surface area contributed by atoms with Gasteiger partial charge in [0, 0.05) is 46.3 Å². The van der Waals surface area contributed by atoms with Gasteiger partial charge < -0.3 is 10.2 Å². The fourth-order valence-corrected chi connectivity index (χ4v) is 4.17. The maximum Gasteiger partial charge on any atom is 0.321 e. The van der Waals surface area contributed by atoms with Crippen LogP contribution in [0, 0.1) is 0 Å². The first kappa shape index (κ1) is 16.4. The molecular weight excluding hydrogens is 304 g/mol. The summed E-state index contributed by atoms with van der Waals surface area (Å²) in [5.41, 5.74) is 1.67. The van der Waals surface area contributed by atoms with E-state index in [9.17, 15) is 9.00 Å². The van der Waals surface area contributed by atoms with E-state index >= 15 is 0 Å². The van der Waals surface area contributed by atoms with Gasteiger partial charge in [0.25, 0.3) is 0 Å². The van der Waals surface area contributed by atoms with E-state index in [1.165, 1.54) is 0 Å². The van der Waals surface area contributed by atoms with E-state index < -0.39 is 10.8 Å². The minimum Gasteiger partial charge on any atom is -0.322 e. The Hall–Kier alpha value is -1.01. The normalized spacial score (nSPS) is 19.1. The maximum absolute atomic E-state index is 12.4. The van der Waals surface area contributed by atoms with Crippen molar-refractivity contribution in [2.45, 2.75) is 24.3 Å². The second-order valence-electron chi connectivity index (χ2n) is 5.83. The van der Waals surface area contributed by atoms with Gasteiger partial charge in [-0.1, -0.05) is 18.2 Å². The molecule has 1 heterocycles. The lowest BCUT2D eigenvalue weighted by Crippen LogP contribution is -2.47. The van der Waals surface area contributed by atoms with Crippen molar-refractivity contribution in [3.63, 3.8) is 0 Å². The van der Waals surface area contributed by atoms with Gasteiger partial charge in [-0.2, -0.15) is 11.8 Å². The van der Waals surface area contributed by atoms with Crippen LogP contribution in [-0.4, -0.2) is 45.0 Å². The summed E-state index contributed by atoms with van der Waals surface area (Å²) in [6.07, 6.45) is 1.67. The highest BCUT2D eigenvalue weighted by atomic mass is 32.2. The van der Waals surface area contributed by atoms with Gasteiger partial charge >= 0.3 is 6.03 Å². The minimum absolute atomic E-state index is 0.0716. The summed E-state index contributed by atoms with van der Waals surface area (Å²) in [5, 5.41) is 2.97. The zero-order valence-electron chi connectivity index (χ0n) is 12.7. The number of hydrogen-bond donors (Lipinski definition) is 1. The van der Waals surface area contributed by atoms with E-state index in [0.717, 1.165) is 30.1 Å². The molecule has 1 aromatic carbocycles. The molecule has 0 unspecified atom stereocenters. The molecule has 1 aliphatic rings. The molecule has 0 aromatic heterocycles. The van der Waals surface area contributed by atoms with E-state index in [1.807, 2.05) is 40.9 Å². The molecule has 2 amide bonds. The Morgan fingerprint density at radius 2 is 2.14 bits per heavy atom. The largest absolute Gasteiger partial charge is 0.322 e.